The van der Waals surface area contributed by atoms with Crippen molar-refractivity contribution in [2.24, 2.45) is 0 Å². The van der Waals surface area contributed by atoms with Crippen LogP contribution in [0.4, 0.5) is 0 Å². The first kappa shape index (κ1) is 5.53. The number of halogens is 2. The summed E-state index contributed by atoms with van der Waals surface area (Å²) in [6.07, 6.45) is 0. The Morgan fingerprint density at radius 1 is 1.50 bits per heavy atom. The van der Waals surface area contributed by atoms with Crippen molar-refractivity contribution in [3.63, 3.8) is 0 Å². The van der Waals surface area contributed by atoms with Crippen LogP contribution in [0.5, 0.6) is 0 Å². The zero-order valence-corrected chi connectivity index (χ0v) is 5.93. The second-order valence-electron chi connectivity index (χ2n) is 0.215. The van der Waals surface area contributed by atoms with Crippen molar-refractivity contribution in [2.75, 3.05) is 0 Å². The molecule has 0 nitrogen and oxygen atoms in total. The molecule has 0 atom stereocenters. The third-order valence-electron chi connectivity index (χ3n) is 0. The van der Waals surface area contributed by atoms with Gasteiger partial charge in [-0.05, 0) is 0 Å². The van der Waals surface area contributed by atoms with E-state index >= 15 is 0 Å². The van der Waals surface area contributed by atoms with Crippen LogP contribution in [0, 0.1) is 0 Å². The molecule has 4 heavy (non-hydrogen) atoms. The number of rotatable bonds is 0. The summed E-state index contributed by atoms with van der Waals surface area (Å²) in [6.45, 7) is 0. The molecule has 0 heterocycles. The normalized spacial score (nSPS) is 9.00. The molecule has 0 aliphatic heterocycles. The molecule has 4 heteroatoms. The third-order valence-corrected chi connectivity index (χ3v) is 0. The molecule has 0 aromatic rings. The molecular formula is HCl2PSe. The zero-order chi connectivity index (χ0) is 3.58. The van der Waals surface area contributed by atoms with E-state index in [0.717, 1.165) is 0 Å². The van der Waals surface area contributed by atoms with Crippen molar-refractivity contribution in [3.05, 3.63) is 0 Å². The summed E-state index contributed by atoms with van der Waals surface area (Å²) in [7, 11) is 0. The fourth-order valence-corrected chi connectivity index (χ4v) is 0. The minimum absolute atomic E-state index is 0.738. The van der Waals surface area contributed by atoms with Gasteiger partial charge in [-0.1, -0.05) is 0 Å². The van der Waals surface area contributed by atoms with E-state index in [2.05, 4.69) is 15.6 Å². The molecule has 0 unspecified atom stereocenters. The standard InChI is InChI=1S/Cl2HPSe/c1-3(2)4/h4H. The summed E-state index contributed by atoms with van der Waals surface area (Å²) < 4.78 is 0. The van der Waals surface area contributed by atoms with Crippen LogP contribution in [0.2, 0.25) is 0 Å². The molecule has 0 rings (SSSR count). The summed E-state index contributed by atoms with van der Waals surface area (Å²) in [5, 5.41) is -0.738. The Balaban J connectivity index is 2.32. The fourth-order valence-electron chi connectivity index (χ4n) is 0. The summed E-state index contributed by atoms with van der Waals surface area (Å²) in [5.41, 5.74) is 0. The summed E-state index contributed by atoms with van der Waals surface area (Å²) in [5.74, 6) is 0. The second kappa shape index (κ2) is 2.75. The maximum absolute atomic E-state index is 5.08. The Labute approximate surface area is 43.6 Å². The van der Waals surface area contributed by atoms with E-state index in [1.807, 2.05) is 0 Å². The summed E-state index contributed by atoms with van der Waals surface area (Å²) >= 11 is 12.3. The van der Waals surface area contributed by atoms with Gasteiger partial charge in [0.2, 0.25) is 0 Å². The second-order valence-corrected chi connectivity index (χ2v) is 8.80. The molecule has 0 radical (unpaired) electrons. The van der Waals surface area contributed by atoms with E-state index in [0.29, 0.717) is 0 Å². The fraction of sp³-hybridized carbons (Fsp3) is 0. The van der Waals surface area contributed by atoms with Crippen molar-refractivity contribution in [1.29, 1.82) is 0 Å². The van der Waals surface area contributed by atoms with Gasteiger partial charge in [-0.2, -0.15) is 0 Å². The van der Waals surface area contributed by atoms with Crippen LogP contribution in [0.15, 0.2) is 0 Å². The third kappa shape index (κ3) is 9.65. The van der Waals surface area contributed by atoms with Crippen LogP contribution < -0.4 is 0 Å². The minimum atomic E-state index is -0.738. The number of hydrogen-bond donors (Lipinski definition) is 0. The van der Waals surface area contributed by atoms with Gasteiger partial charge in [0.1, 0.15) is 0 Å². The average Bonchev–Trinajstić information content (AvgIpc) is 0.811. The molecule has 0 fully saturated rings. The quantitative estimate of drug-likeness (QED) is 0.394. The number of hydrogen-bond acceptors (Lipinski definition) is 0. The van der Waals surface area contributed by atoms with Gasteiger partial charge in [-0.25, -0.2) is 0 Å². The van der Waals surface area contributed by atoms with Crippen molar-refractivity contribution in [3.8, 4) is 0 Å². The zero-order valence-electron chi connectivity index (χ0n) is 1.65. The Kier molecular flexibility index (Phi) is 3.80. The van der Waals surface area contributed by atoms with Crippen LogP contribution in [-0.4, -0.2) is 15.6 Å². The Morgan fingerprint density at radius 3 is 1.50 bits per heavy atom. The van der Waals surface area contributed by atoms with E-state index in [1.165, 1.54) is 0 Å². The molecule has 0 bridgehead atoms. The van der Waals surface area contributed by atoms with Crippen LogP contribution in [0.1, 0.15) is 0 Å². The van der Waals surface area contributed by atoms with Crippen LogP contribution in [0.25, 0.3) is 0 Å². The predicted molar refractivity (Wildman–Crippen MR) is 25.8 cm³/mol. The van der Waals surface area contributed by atoms with Gasteiger partial charge in [0.05, 0.1) is 0 Å². The SMILES string of the molecule is ClP(Cl)[SeH]. The first-order valence-electron chi connectivity index (χ1n) is 0.538. The van der Waals surface area contributed by atoms with Gasteiger partial charge in [0.15, 0.2) is 0 Å². The Bertz CT molecular complexity index is 10.8. The molecule has 26 valence electrons. The molecular weight excluding hydrogens is 181 g/mol. The monoisotopic (exact) mass is 182 g/mol. The topological polar surface area (TPSA) is 0 Å². The van der Waals surface area contributed by atoms with E-state index in [4.69, 9.17) is 22.5 Å². The molecule has 0 aromatic heterocycles. The van der Waals surface area contributed by atoms with Gasteiger partial charge in [-0.15, -0.1) is 0 Å². The van der Waals surface area contributed by atoms with Crippen LogP contribution >= 0.6 is 27.8 Å². The molecule has 0 aromatic carbocycles. The van der Waals surface area contributed by atoms with Gasteiger partial charge in [0.25, 0.3) is 0 Å². The van der Waals surface area contributed by atoms with Crippen molar-refractivity contribution >= 4 is 43.4 Å². The van der Waals surface area contributed by atoms with Gasteiger partial charge in [-0.3, -0.25) is 0 Å². The Morgan fingerprint density at radius 2 is 1.50 bits per heavy atom. The van der Waals surface area contributed by atoms with E-state index in [-0.39, 0.29) is 0 Å². The van der Waals surface area contributed by atoms with Crippen molar-refractivity contribution in [2.45, 2.75) is 0 Å². The predicted octanol–water partition coefficient (Wildman–Crippen LogP) is 1.59. The summed E-state index contributed by atoms with van der Waals surface area (Å²) in [6, 6.07) is 0. The molecule has 0 spiro atoms. The first-order valence-corrected chi connectivity index (χ1v) is 6.16. The first-order chi connectivity index (χ1) is 1.73. The molecule has 0 N–H and O–H groups in total. The van der Waals surface area contributed by atoms with E-state index in [9.17, 15) is 0 Å². The van der Waals surface area contributed by atoms with Crippen LogP contribution in [0.3, 0.4) is 0 Å². The molecule has 0 aliphatic rings. The summed E-state index contributed by atoms with van der Waals surface area (Å²) in [4.78, 5) is 0. The molecule has 0 saturated heterocycles. The average molecular weight is 182 g/mol. The van der Waals surface area contributed by atoms with E-state index in [1.54, 1.807) is 0 Å². The molecule has 0 saturated carbocycles. The van der Waals surface area contributed by atoms with E-state index < -0.39 is 5.32 Å². The van der Waals surface area contributed by atoms with Crippen LogP contribution in [-0.2, 0) is 0 Å². The van der Waals surface area contributed by atoms with Crippen molar-refractivity contribution in [1.82, 2.24) is 0 Å². The van der Waals surface area contributed by atoms with Gasteiger partial charge in [0, 0.05) is 0 Å². The van der Waals surface area contributed by atoms with Gasteiger partial charge < -0.3 is 0 Å². The molecule has 0 amide bonds. The maximum atomic E-state index is 5.08. The van der Waals surface area contributed by atoms with Gasteiger partial charge >= 0.3 is 43.4 Å². The molecule has 0 aliphatic carbocycles. The Hall–Kier alpha value is 1.53. The van der Waals surface area contributed by atoms with Crippen molar-refractivity contribution < 1.29 is 0 Å².